The van der Waals surface area contributed by atoms with Crippen molar-refractivity contribution in [3.05, 3.63) is 88.4 Å². The zero-order chi connectivity index (χ0) is 28.1. The van der Waals surface area contributed by atoms with Crippen molar-refractivity contribution in [1.29, 1.82) is 0 Å². The van der Waals surface area contributed by atoms with Crippen molar-refractivity contribution in [2.75, 3.05) is 68.0 Å². The number of benzene rings is 3. The van der Waals surface area contributed by atoms with Gasteiger partial charge in [-0.2, -0.15) is 0 Å². The standard InChI is InChI=1S/C30H32ClN5O4/c1-21-2-8-24(9-3-21)33-30(39)36-14-12-34(13-15-36)27-11-10-25(32-28(37)22-4-6-23(31)7-5-22)20-26(27)29(38)35-16-18-40-19-17-35/h2-11,20H,12-19H2,1H3,(H,32,37)(H,33,39). The first-order chi connectivity index (χ1) is 19.4. The third-order valence-corrected chi connectivity index (χ3v) is 7.35. The summed E-state index contributed by atoms with van der Waals surface area (Å²) in [6, 6.07) is 19.6. The topological polar surface area (TPSA) is 94.2 Å². The lowest BCUT2D eigenvalue weighted by atomic mass is 10.1. The van der Waals surface area contributed by atoms with Crippen LogP contribution < -0.4 is 15.5 Å². The van der Waals surface area contributed by atoms with Crippen molar-refractivity contribution in [2.45, 2.75) is 6.92 Å². The molecule has 208 valence electrons. The summed E-state index contributed by atoms with van der Waals surface area (Å²) >= 11 is 5.95. The zero-order valence-electron chi connectivity index (χ0n) is 22.4. The Balaban J connectivity index is 1.31. The van der Waals surface area contributed by atoms with Gasteiger partial charge in [0.1, 0.15) is 0 Å². The van der Waals surface area contributed by atoms with Gasteiger partial charge in [0.2, 0.25) is 0 Å². The van der Waals surface area contributed by atoms with Crippen LogP contribution in [0.2, 0.25) is 5.02 Å². The van der Waals surface area contributed by atoms with E-state index < -0.39 is 0 Å². The van der Waals surface area contributed by atoms with Crippen LogP contribution in [0.1, 0.15) is 26.3 Å². The highest BCUT2D eigenvalue weighted by atomic mass is 35.5. The van der Waals surface area contributed by atoms with E-state index in [1.54, 1.807) is 46.2 Å². The molecule has 0 aromatic heterocycles. The third-order valence-electron chi connectivity index (χ3n) is 7.10. The highest BCUT2D eigenvalue weighted by Gasteiger charge is 2.27. The summed E-state index contributed by atoms with van der Waals surface area (Å²) in [4.78, 5) is 45.0. The van der Waals surface area contributed by atoms with Crippen LogP contribution in [0.25, 0.3) is 0 Å². The van der Waals surface area contributed by atoms with Gasteiger partial charge in [0.25, 0.3) is 11.8 Å². The fourth-order valence-electron chi connectivity index (χ4n) is 4.79. The van der Waals surface area contributed by atoms with Gasteiger partial charge in [0, 0.05) is 66.9 Å². The molecule has 0 radical (unpaired) electrons. The number of ether oxygens (including phenoxy) is 1. The third kappa shape index (κ3) is 6.55. The summed E-state index contributed by atoms with van der Waals surface area (Å²) in [5, 5.41) is 6.40. The van der Waals surface area contributed by atoms with Crippen molar-refractivity contribution in [1.82, 2.24) is 9.80 Å². The van der Waals surface area contributed by atoms with E-state index in [0.29, 0.717) is 74.3 Å². The average Bonchev–Trinajstić information content (AvgIpc) is 2.99. The highest BCUT2D eigenvalue weighted by Crippen LogP contribution is 2.28. The summed E-state index contributed by atoms with van der Waals surface area (Å²) in [5.41, 5.74) is 4.16. The quantitative estimate of drug-likeness (QED) is 0.470. The molecule has 0 unspecified atom stereocenters. The number of rotatable bonds is 5. The Morgan fingerprint density at radius 1 is 0.750 bits per heavy atom. The van der Waals surface area contributed by atoms with E-state index in [2.05, 4.69) is 15.5 Å². The van der Waals surface area contributed by atoms with E-state index in [9.17, 15) is 14.4 Å². The zero-order valence-corrected chi connectivity index (χ0v) is 23.1. The number of urea groups is 1. The lowest BCUT2D eigenvalue weighted by Gasteiger charge is -2.37. The minimum Gasteiger partial charge on any atom is -0.378 e. The van der Waals surface area contributed by atoms with E-state index in [0.717, 1.165) is 16.9 Å². The molecule has 2 heterocycles. The van der Waals surface area contributed by atoms with E-state index >= 15 is 0 Å². The van der Waals surface area contributed by atoms with Crippen molar-refractivity contribution in [3.8, 4) is 0 Å². The van der Waals surface area contributed by atoms with Crippen LogP contribution >= 0.6 is 11.6 Å². The van der Waals surface area contributed by atoms with Gasteiger partial charge in [0.15, 0.2) is 0 Å². The molecular weight excluding hydrogens is 530 g/mol. The maximum absolute atomic E-state index is 13.7. The number of halogens is 1. The molecule has 0 spiro atoms. The number of hydrogen-bond acceptors (Lipinski definition) is 5. The number of anilines is 3. The van der Waals surface area contributed by atoms with E-state index in [1.807, 2.05) is 37.3 Å². The maximum Gasteiger partial charge on any atom is 0.321 e. The Morgan fingerprint density at radius 2 is 1.40 bits per heavy atom. The van der Waals surface area contributed by atoms with Crippen LogP contribution in [0.5, 0.6) is 0 Å². The Hall–Kier alpha value is -4.08. The molecule has 2 aliphatic rings. The molecule has 10 heteroatoms. The predicted octanol–water partition coefficient (Wildman–Crippen LogP) is 4.73. The lowest BCUT2D eigenvalue weighted by molar-refractivity contribution is 0.0303. The summed E-state index contributed by atoms with van der Waals surface area (Å²) in [6.45, 7) is 6.16. The number of hydrogen-bond donors (Lipinski definition) is 2. The summed E-state index contributed by atoms with van der Waals surface area (Å²) < 4.78 is 5.43. The van der Waals surface area contributed by atoms with Crippen LogP contribution in [0.3, 0.4) is 0 Å². The van der Waals surface area contributed by atoms with Crippen molar-refractivity contribution in [2.24, 2.45) is 0 Å². The van der Waals surface area contributed by atoms with Gasteiger partial charge in [-0.3, -0.25) is 9.59 Å². The van der Waals surface area contributed by atoms with Crippen molar-refractivity contribution in [3.63, 3.8) is 0 Å². The minimum absolute atomic E-state index is 0.111. The Kier molecular flexibility index (Phi) is 8.52. The van der Waals surface area contributed by atoms with Crippen molar-refractivity contribution < 1.29 is 19.1 Å². The molecule has 2 fully saturated rings. The number of carbonyl (C=O) groups excluding carboxylic acids is 3. The molecule has 4 amide bonds. The van der Waals surface area contributed by atoms with E-state index in [-0.39, 0.29) is 17.8 Å². The number of nitrogens with one attached hydrogen (secondary N) is 2. The fraction of sp³-hybridized carbons (Fsp3) is 0.300. The SMILES string of the molecule is Cc1ccc(NC(=O)N2CCN(c3ccc(NC(=O)c4ccc(Cl)cc4)cc3C(=O)N3CCOCC3)CC2)cc1. The van der Waals surface area contributed by atoms with Gasteiger partial charge in [-0.1, -0.05) is 29.3 Å². The number of amides is 4. The monoisotopic (exact) mass is 561 g/mol. The van der Waals surface area contributed by atoms with Crippen LogP contribution in [-0.4, -0.2) is 80.1 Å². The number of aryl methyl sites for hydroxylation is 1. The molecule has 2 saturated heterocycles. The molecule has 0 atom stereocenters. The fourth-order valence-corrected chi connectivity index (χ4v) is 4.92. The molecule has 3 aromatic rings. The molecule has 40 heavy (non-hydrogen) atoms. The summed E-state index contributed by atoms with van der Waals surface area (Å²) in [5.74, 6) is -0.400. The molecule has 0 saturated carbocycles. The molecule has 0 bridgehead atoms. The van der Waals surface area contributed by atoms with Crippen molar-refractivity contribution >= 4 is 46.5 Å². The minimum atomic E-state index is -0.289. The number of morpholine rings is 1. The van der Waals surface area contributed by atoms with Gasteiger partial charge in [-0.15, -0.1) is 0 Å². The Bertz CT molecular complexity index is 1370. The van der Waals surface area contributed by atoms with Gasteiger partial charge < -0.3 is 30.1 Å². The molecule has 5 rings (SSSR count). The first-order valence-electron chi connectivity index (χ1n) is 13.3. The number of piperazine rings is 1. The van der Waals surface area contributed by atoms with Crippen LogP contribution in [0.4, 0.5) is 21.9 Å². The predicted molar refractivity (Wildman–Crippen MR) is 157 cm³/mol. The molecule has 0 aliphatic carbocycles. The molecular formula is C30H32ClN5O4. The van der Waals surface area contributed by atoms with E-state index in [1.165, 1.54) is 0 Å². The molecule has 2 aliphatic heterocycles. The van der Waals surface area contributed by atoms with Crippen LogP contribution in [0, 0.1) is 6.92 Å². The summed E-state index contributed by atoms with van der Waals surface area (Å²) in [7, 11) is 0. The van der Waals surface area contributed by atoms with Gasteiger partial charge in [-0.25, -0.2) is 4.79 Å². The normalized spacial score (nSPS) is 15.5. The van der Waals surface area contributed by atoms with Crippen LogP contribution in [0.15, 0.2) is 66.7 Å². The van der Waals surface area contributed by atoms with Gasteiger partial charge >= 0.3 is 6.03 Å². The second-order valence-corrected chi connectivity index (χ2v) is 10.3. The second kappa shape index (κ2) is 12.4. The molecule has 9 nitrogen and oxygen atoms in total. The number of carbonyl (C=O) groups is 3. The van der Waals surface area contributed by atoms with Crippen LogP contribution in [-0.2, 0) is 4.74 Å². The van der Waals surface area contributed by atoms with Gasteiger partial charge in [0.05, 0.1) is 18.8 Å². The van der Waals surface area contributed by atoms with E-state index in [4.69, 9.17) is 16.3 Å². The summed E-state index contributed by atoms with van der Waals surface area (Å²) in [6.07, 6.45) is 0. The highest BCUT2D eigenvalue weighted by molar-refractivity contribution is 6.30. The lowest BCUT2D eigenvalue weighted by Crippen LogP contribution is -2.50. The Labute approximate surface area is 238 Å². The van der Waals surface area contributed by atoms with Gasteiger partial charge in [-0.05, 0) is 61.5 Å². The maximum atomic E-state index is 13.7. The second-order valence-electron chi connectivity index (χ2n) is 9.87. The smallest absolute Gasteiger partial charge is 0.321 e. The number of nitrogens with zero attached hydrogens (tertiary/aromatic N) is 3. The molecule has 3 aromatic carbocycles. The molecule has 2 N–H and O–H groups in total. The average molecular weight is 562 g/mol. The largest absolute Gasteiger partial charge is 0.378 e. The first kappa shape index (κ1) is 27.5. The first-order valence-corrected chi connectivity index (χ1v) is 13.7. The Morgan fingerprint density at radius 3 is 2.08 bits per heavy atom.